The summed E-state index contributed by atoms with van der Waals surface area (Å²) in [4.78, 5) is 5.89. The molecule has 0 bridgehead atoms. The van der Waals surface area contributed by atoms with E-state index in [1.54, 1.807) is 11.3 Å². The van der Waals surface area contributed by atoms with E-state index in [9.17, 15) is 0 Å². The van der Waals surface area contributed by atoms with E-state index in [4.69, 9.17) is 17.3 Å². The quantitative estimate of drug-likeness (QED) is 0.911. The Bertz CT molecular complexity index is 531. The first-order chi connectivity index (χ1) is 9.08. The Balaban J connectivity index is 2.04. The smallest absolute Gasteiger partial charge is 0.0934 e. The average molecular weight is 295 g/mol. The van der Waals surface area contributed by atoms with Gasteiger partial charge in [0.2, 0.25) is 0 Å². The molecule has 2 aromatic rings. The second kappa shape index (κ2) is 6.51. The number of aromatic nitrogens is 1. The lowest BCUT2D eigenvalue weighted by atomic mass is 9.96. The van der Waals surface area contributed by atoms with Crippen molar-refractivity contribution in [2.45, 2.75) is 26.7 Å². The van der Waals surface area contributed by atoms with Crippen LogP contribution in [0.2, 0.25) is 5.02 Å². The highest BCUT2D eigenvalue weighted by Crippen LogP contribution is 2.22. The van der Waals surface area contributed by atoms with E-state index in [0.29, 0.717) is 12.5 Å². The Morgan fingerprint density at radius 1 is 1.32 bits per heavy atom. The predicted molar refractivity (Wildman–Crippen MR) is 83.0 cm³/mol. The normalized spacial score (nSPS) is 12.6. The van der Waals surface area contributed by atoms with Crippen molar-refractivity contribution >= 4 is 22.9 Å². The number of rotatable bonds is 5. The number of thiazole rings is 1. The molecule has 0 aliphatic carbocycles. The van der Waals surface area contributed by atoms with Crippen LogP contribution in [0.4, 0.5) is 0 Å². The molecule has 1 heterocycles. The van der Waals surface area contributed by atoms with Crippen LogP contribution in [0.25, 0.3) is 0 Å². The van der Waals surface area contributed by atoms with Gasteiger partial charge >= 0.3 is 0 Å². The van der Waals surface area contributed by atoms with Crippen LogP contribution < -0.4 is 5.73 Å². The number of aryl methyl sites for hydroxylation is 2. The van der Waals surface area contributed by atoms with E-state index in [-0.39, 0.29) is 0 Å². The molecule has 4 heteroatoms. The summed E-state index contributed by atoms with van der Waals surface area (Å²) in [6.45, 7) is 4.85. The summed E-state index contributed by atoms with van der Waals surface area (Å²) in [5.41, 5.74) is 8.28. The maximum absolute atomic E-state index is 6.01. The number of nitrogens with two attached hydrogens (primary N) is 1. The van der Waals surface area contributed by atoms with E-state index in [2.05, 4.69) is 24.9 Å². The average Bonchev–Trinajstić information content (AvgIpc) is 2.67. The molecule has 0 aliphatic rings. The fourth-order valence-electron chi connectivity index (χ4n) is 2.11. The van der Waals surface area contributed by atoms with Gasteiger partial charge in [0, 0.05) is 16.3 Å². The van der Waals surface area contributed by atoms with Crippen LogP contribution in [0.3, 0.4) is 0 Å². The highest BCUT2D eigenvalue weighted by atomic mass is 35.5. The Morgan fingerprint density at radius 2 is 2.11 bits per heavy atom. The Labute approximate surface area is 123 Å². The zero-order valence-corrected chi connectivity index (χ0v) is 12.9. The van der Waals surface area contributed by atoms with Crippen LogP contribution in [0, 0.1) is 19.8 Å². The molecule has 102 valence electrons. The van der Waals surface area contributed by atoms with Crippen molar-refractivity contribution in [3.63, 3.8) is 0 Å². The van der Waals surface area contributed by atoms with Gasteiger partial charge in [0.05, 0.1) is 10.7 Å². The molecular weight excluding hydrogens is 276 g/mol. The highest BCUT2D eigenvalue weighted by Gasteiger charge is 2.13. The van der Waals surface area contributed by atoms with Gasteiger partial charge in [-0.15, -0.1) is 11.3 Å². The lowest BCUT2D eigenvalue weighted by Gasteiger charge is -2.13. The molecule has 2 nitrogen and oxygen atoms in total. The zero-order valence-electron chi connectivity index (χ0n) is 11.3. The molecular formula is C15H19ClN2S. The van der Waals surface area contributed by atoms with Crippen molar-refractivity contribution in [3.05, 3.63) is 50.4 Å². The molecule has 19 heavy (non-hydrogen) atoms. The van der Waals surface area contributed by atoms with E-state index in [1.807, 2.05) is 18.2 Å². The summed E-state index contributed by atoms with van der Waals surface area (Å²) in [7, 11) is 0. The first kappa shape index (κ1) is 14.5. The van der Waals surface area contributed by atoms with E-state index in [1.165, 1.54) is 15.4 Å². The summed E-state index contributed by atoms with van der Waals surface area (Å²) in [6.07, 6.45) is 1.90. The van der Waals surface area contributed by atoms with E-state index in [0.717, 1.165) is 23.6 Å². The van der Waals surface area contributed by atoms with Gasteiger partial charge in [0.15, 0.2) is 0 Å². The molecule has 2 rings (SSSR count). The number of hydrogen-bond donors (Lipinski definition) is 1. The lowest BCUT2D eigenvalue weighted by Crippen LogP contribution is -2.19. The lowest BCUT2D eigenvalue weighted by molar-refractivity contribution is 0.532. The topological polar surface area (TPSA) is 38.9 Å². The van der Waals surface area contributed by atoms with Gasteiger partial charge in [0.1, 0.15) is 0 Å². The number of halogens is 1. The summed E-state index contributed by atoms with van der Waals surface area (Å²) >= 11 is 7.79. The minimum absolute atomic E-state index is 0.420. The second-order valence-corrected chi connectivity index (χ2v) is 6.61. The molecule has 0 amide bonds. The first-order valence-corrected chi connectivity index (χ1v) is 7.65. The minimum atomic E-state index is 0.420. The van der Waals surface area contributed by atoms with Crippen LogP contribution in [0.5, 0.6) is 0 Å². The molecule has 0 aliphatic heterocycles. The molecule has 0 radical (unpaired) electrons. The third-order valence-electron chi connectivity index (χ3n) is 3.28. The summed E-state index contributed by atoms with van der Waals surface area (Å²) < 4.78 is 0. The predicted octanol–water partition coefficient (Wildman–Crippen LogP) is 3.77. The molecule has 0 spiro atoms. The monoisotopic (exact) mass is 294 g/mol. The summed E-state index contributed by atoms with van der Waals surface area (Å²) in [5, 5.41) is 1.97. The van der Waals surface area contributed by atoms with Gasteiger partial charge in [-0.1, -0.05) is 23.7 Å². The maximum atomic E-state index is 6.01. The Kier molecular flexibility index (Phi) is 4.97. The fraction of sp³-hybridized carbons (Fsp3) is 0.400. The molecule has 1 aromatic heterocycles. The molecule has 2 N–H and O–H groups in total. The van der Waals surface area contributed by atoms with Crippen LogP contribution in [-0.2, 0) is 12.8 Å². The van der Waals surface area contributed by atoms with Crippen LogP contribution in [0.1, 0.15) is 21.1 Å². The van der Waals surface area contributed by atoms with Crippen molar-refractivity contribution in [2.75, 3.05) is 6.54 Å². The summed E-state index contributed by atoms with van der Waals surface area (Å²) in [6, 6.07) is 8.01. The minimum Gasteiger partial charge on any atom is -0.330 e. The fourth-order valence-corrected chi connectivity index (χ4v) is 3.37. The molecule has 0 fully saturated rings. The van der Waals surface area contributed by atoms with Gasteiger partial charge in [0.25, 0.3) is 0 Å². The van der Waals surface area contributed by atoms with Gasteiger partial charge in [-0.25, -0.2) is 4.98 Å². The molecule has 0 saturated carbocycles. The Hall–Kier alpha value is -0.900. The SMILES string of the molecule is Cc1nc(CC(CN)Cc2cccc(Cl)c2)sc1C. The highest BCUT2D eigenvalue weighted by molar-refractivity contribution is 7.11. The van der Waals surface area contributed by atoms with Gasteiger partial charge in [-0.05, 0) is 50.4 Å². The molecule has 1 atom stereocenters. The van der Waals surface area contributed by atoms with E-state index < -0.39 is 0 Å². The first-order valence-electron chi connectivity index (χ1n) is 6.46. The van der Waals surface area contributed by atoms with Crippen molar-refractivity contribution in [2.24, 2.45) is 11.7 Å². The van der Waals surface area contributed by atoms with Crippen molar-refractivity contribution in [3.8, 4) is 0 Å². The van der Waals surface area contributed by atoms with Gasteiger partial charge in [-0.2, -0.15) is 0 Å². The van der Waals surface area contributed by atoms with Gasteiger partial charge < -0.3 is 5.73 Å². The number of hydrogen-bond acceptors (Lipinski definition) is 3. The number of benzene rings is 1. The molecule has 1 unspecified atom stereocenters. The van der Waals surface area contributed by atoms with Crippen LogP contribution in [-0.4, -0.2) is 11.5 Å². The van der Waals surface area contributed by atoms with Crippen LogP contribution >= 0.6 is 22.9 Å². The number of nitrogens with zero attached hydrogens (tertiary/aromatic N) is 1. The standard InChI is InChI=1S/C15H19ClN2S/c1-10-11(2)19-15(18-10)8-13(9-17)6-12-4-3-5-14(16)7-12/h3-5,7,13H,6,8-9,17H2,1-2H3. The third kappa shape index (κ3) is 4.03. The maximum Gasteiger partial charge on any atom is 0.0934 e. The van der Waals surface area contributed by atoms with Gasteiger partial charge in [-0.3, -0.25) is 0 Å². The third-order valence-corrected chi connectivity index (χ3v) is 4.61. The van der Waals surface area contributed by atoms with Crippen LogP contribution in [0.15, 0.2) is 24.3 Å². The second-order valence-electron chi connectivity index (χ2n) is 4.89. The molecule has 1 aromatic carbocycles. The molecule has 0 saturated heterocycles. The Morgan fingerprint density at radius 3 is 2.68 bits per heavy atom. The largest absolute Gasteiger partial charge is 0.330 e. The zero-order chi connectivity index (χ0) is 13.8. The van der Waals surface area contributed by atoms with Crippen molar-refractivity contribution in [1.29, 1.82) is 0 Å². The van der Waals surface area contributed by atoms with E-state index >= 15 is 0 Å². The summed E-state index contributed by atoms with van der Waals surface area (Å²) in [5.74, 6) is 0.420. The van der Waals surface area contributed by atoms with Crippen molar-refractivity contribution < 1.29 is 0 Å². The van der Waals surface area contributed by atoms with Crippen molar-refractivity contribution in [1.82, 2.24) is 4.98 Å².